The molecule has 0 amide bonds. The summed E-state index contributed by atoms with van der Waals surface area (Å²) in [5, 5.41) is 3.48. The van der Waals surface area contributed by atoms with E-state index >= 15 is 0 Å². The fourth-order valence-corrected chi connectivity index (χ4v) is 2.27. The molecule has 3 heteroatoms. The summed E-state index contributed by atoms with van der Waals surface area (Å²) >= 11 is 1.74. The Balaban J connectivity index is 2.19. The van der Waals surface area contributed by atoms with Crippen LogP contribution in [0.3, 0.4) is 0 Å². The van der Waals surface area contributed by atoms with Crippen LogP contribution in [0.2, 0.25) is 0 Å². The van der Waals surface area contributed by atoms with Gasteiger partial charge in [-0.2, -0.15) is 0 Å². The van der Waals surface area contributed by atoms with Gasteiger partial charge in [-0.15, -0.1) is 11.3 Å². The minimum Gasteiger partial charge on any atom is -0.312 e. The van der Waals surface area contributed by atoms with Crippen LogP contribution in [0.5, 0.6) is 0 Å². The normalized spacial score (nSPS) is 13.1. The van der Waals surface area contributed by atoms with Crippen molar-refractivity contribution in [1.82, 2.24) is 10.3 Å². The first-order chi connectivity index (χ1) is 6.74. The SMILES string of the molecule is CCCC(C)CNCc1scnc1C. The van der Waals surface area contributed by atoms with E-state index in [1.165, 1.54) is 23.4 Å². The summed E-state index contributed by atoms with van der Waals surface area (Å²) in [6, 6.07) is 0. The predicted molar refractivity (Wildman–Crippen MR) is 62.6 cm³/mol. The lowest BCUT2D eigenvalue weighted by Gasteiger charge is -2.10. The molecule has 1 aromatic heterocycles. The van der Waals surface area contributed by atoms with Crippen molar-refractivity contribution < 1.29 is 0 Å². The van der Waals surface area contributed by atoms with Gasteiger partial charge in [0.05, 0.1) is 11.2 Å². The molecule has 1 atom stereocenters. The summed E-state index contributed by atoms with van der Waals surface area (Å²) in [5.74, 6) is 0.785. The second-order valence-corrected chi connectivity index (χ2v) is 4.83. The Hall–Kier alpha value is -0.410. The fraction of sp³-hybridized carbons (Fsp3) is 0.727. The van der Waals surface area contributed by atoms with E-state index in [4.69, 9.17) is 0 Å². The minimum atomic E-state index is 0.785. The van der Waals surface area contributed by atoms with Gasteiger partial charge in [-0.1, -0.05) is 20.3 Å². The van der Waals surface area contributed by atoms with E-state index in [9.17, 15) is 0 Å². The lowest BCUT2D eigenvalue weighted by Crippen LogP contribution is -2.20. The summed E-state index contributed by atoms with van der Waals surface area (Å²) < 4.78 is 0. The van der Waals surface area contributed by atoms with Crippen LogP contribution in [-0.4, -0.2) is 11.5 Å². The maximum absolute atomic E-state index is 4.23. The van der Waals surface area contributed by atoms with E-state index in [0.717, 1.165) is 19.0 Å². The van der Waals surface area contributed by atoms with Crippen molar-refractivity contribution in [3.05, 3.63) is 16.1 Å². The predicted octanol–water partition coefficient (Wildman–Crippen LogP) is 2.98. The zero-order chi connectivity index (χ0) is 10.4. The molecule has 0 fully saturated rings. The van der Waals surface area contributed by atoms with Gasteiger partial charge in [-0.25, -0.2) is 4.98 Å². The molecule has 2 nitrogen and oxygen atoms in total. The number of rotatable bonds is 6. The number of nitrogens with one attached hydrogen (secondary N) is 1. The Kier molecular flexibility index (Phi) is 5.12. The molecule has 0 bridgehead atoms. The van der Waals surface area contributed by atoms with Gasteiger partial charge in [-0.05, 0) is 25.8 Å². The highest BCUT2D eigenvalue weighted by Gasteiger charge is 2.02. The molecule has 0 saturated carbocycles. The zero-order valence-electron chi connectivity index (χ0n) is 9.34. The first-order valence-corrected chi connectivity index (χ1v) is 6.21. The molecular formula is C11H20N2S. The molecule has 1 unspecified atom stereocenters. The summed E-state index contributed by atoms with van der Waals surface area (Å²) in [6.07, 6.45) is 2.59. The molecule has 1 heterocycles. The lowest BCUT2D eigenvalue weighted by molar-refractivity contribution is 0.476. The van der Waals surface area contributed by atoms with Crippen LogP contribution in [0.25, 0.3) is 0 Å². The van der Waals surface area contributed by atoms with Crippen molar-refractivity contribution >= 4 is 11.3 Å². The van der Waals surface area contributed by atoms with Crippen molar-refractivity contribution in [3.8, 4) is 0 Å². The van der Waals surface area contributed by atoms with Gasteiger partial charge in [0.25, 0.3) is 0 Å². The average Bonchev–Trinajstić information content (AvgIpc) is 2.52. The van der Waals surface area contributed by atoms with E-state index in [0.29, 0.717) is 0 Å². The summed E-state index contributed by atoms with van der Waals surface area (Å²) in [5.41, 5.74) is 3.09. The van der Waals surface area contributed by atoms with Crippen LogP contribution in [0.1, 0.15) is 37.3 Å². The van der Waals surface area contributed by atoms with Gasteiger partial charge < -0.3 is 5.32 Å². The molecular weight excluding hydrogens is 192 g/mol. The van der Waals surface area contributed by atoms with E-state index in [1.807, 2.05) is 5.51 Å². The van der Waals surface area contributed by atoms with E-state index < -0.39 is 0 Å². The Labute approximate surface area is 90.8 Å². The van der Waals surface area contributed by atoms with Crippen molar-refractivity contribution in [2.45, 2.75) is 40.2 Å². The van der Waals surface area contributed by atoms with Crippen molar-refractivity contribution in [3.63, 3.8) is 0 Å². The number of aromatic nitrogens is 1. The third-order valence-corrected chi connectivity index (χ3v) is 3.34. The van der Waals surface area contributed by atoms with E-state index in [1.54, 1.807) is 11.3 Å². The summed E-state index contributed by atoms with van der Waals surface area (Å²) in [6.45, 7) is 8.71. The summed E-state index contributed by atoms with van der Waals surface area (Å²) in [7, 11) is 0. The molecule has 0 aliphatic rings. The quantitative estimate of drug-likeness (QED) is 0.784. The highest BCUT2D eigenvalue weighted by molar-refractivity contribution is 7.09. The maximum atomic E-state index is 4.23. The number of hydrogen-bond acceptors (Lipinski definition) is 3. The van der Waals surface area contributed by atoms with E-state index in [2.05, 4.69) is 31.1 Å². The van der Waals surface area contributed by atoms with Crippen molar-refractivity contribution in [2.24, 2.45) is 5.92 Å². The summed E-state index contributed by atoms with van der Waals surface area (Å²) in [4.78, 5) is 5.60. The highest BCUT2D eigenvalue weighted by Crippen LogP contribution is 2.11. The molecule has 14 heavy (non-hydrogen) atoms. The van der Waals surface area contributed by atoms with Crippen LogP contribution < -0.4 is 5.32 Å². The van der Waals surface area contributed by atoms with Crippen molar-refractivity contribution in [2.75, 3.05) is 6.54 Å². The molecule has 0 aliphatic carbocycles. The third-order valence-electron chi connectivity index (χ3n) is 2.40. The zero-order valence-corrected chi connectivity index (χ0v) is 10.2. The van der Waals surface area contributed by atoms with Gasteiger partial charge in [-0.3, -0.25) is 0 Å². The maximum Gasteiger partial charge on any atom is 0.0798 e. The van der Waals surface area contributed by atoms with Crippen LogP contribution in [0, 0.1) is 12.8 Å². The monoisotopic (exact) mass is 212 g/mol. The molecule has 0 aromatic carbocycles. The molecule has 0 spiro atoms. The lowest BCUT2D eigenvalue weighted by atomic mass is 10.1. The van der Waals surface area contributed by atoms with Crippen LogP contribution >= 0.6 is 11.3 Å². The topological polar surface area (TPSA) is 24.9 Å². The minimum absolute atomic E-state index is 0.785. The Morgan fingerprint density at radius 1 is 1.57 bits per heavy atom. The van der Waals surface area contributed by atoms with E-state index in [-0.39, 0.29) is 0 Å². The largest absolute Gasteiger partial charge is 0.312 e. The molecule has 0 saturated heterocycles. The van der Waals surface area contributed by atoms with Crippen LogP contribution in [-0.2, 0) is 6.54 Å². The molecule has 1 rings (SSSR count). The van der Waals surface area contributed by atoms with Crippen LogP contribution in [0.15, 0.2) is 5.51 Å². The Morgan fingerprint density at radius 2 is 2.36 bits per heavy atom. The number of nitrogens with zero attached hydrogens (tertiary/aromatic N) is 1. The average molecular weight is 212 g/mol. The third kappa shape index (κ3) is 3.76. The standard InChI is InChI=1S/C11H20N2S/c1-4-5-9(2)6-12-7-11-10(3)13-8-14-11/h8-9,12H,4-7H2,1-3H3. The van der Waals surface area contributed by atoms with Gasteiger partial charge in [0.2, 0.25) is 0 Å². The Morgan fingerprint density at radius 3 is 2.93 bits per heavy atom. The molecule has 80 valence electrons. The van der Waals surface area contributed by atoms with Gasteiger partial charge in [0, 0.05) is 11.4 Å². The van der Waals surface area contributed by atoms with Gasteiger partial charge in [0.1, 0.15) is 0 Å². The first-order valence-electron chi connectivity index (χ1n) is 5.33. The molecule has 1 N–H and O–H groups in total. The van der Waals surface area contributed by atoms with Crippen molar-refractivity contribution in [1.29, 1.82) is 0 Å². The highest BCUT2D eigenvalue weighted by atomic mass is 32.1. The number of thiazole rings is 1. The number of aryl methyl sites for hydroxylation is 1. The Bertz CT molecular complexity index is 258. The van der Waals surface area contributed by atoms with Gasteiger partial charge in [0.15, 0.2) is 0 Å². The smallest absolute Gasteiger partial charge is 0.0798 e. The second kappa shape index (κ2) is 6.14. The fourth-order valence-electron chi connectivity index (χ4n) is 1.52. The van der Waals surface area contributed by atoms with Gasteiger partial charge >= 0.3 is 0 Å². The molecule has 0 radical (unpaired) electrons. The molecule has 1 aromatic rings. The van der Waals surface area contributed by atoms with Crippen LogP contribution in [0.4, 0.5) is 0 Å². The molecule has 0 aliphatic heterocycles. The first kappa shape index (κ1) is 11.7. The second-order valence-electron chi connectivity index (χ2n) is 3.89. The number of hydrogen-bond donors (Lipinski definition) is 1.